The van der Waals surface area contributed by atoms with Crippen molar-refractivity contribution in [3.63, 3.8) is 0 Å². The van der Waals surface area contributed by atoms with Gasteiger partial charge in [-0.2, -0.15) is 0 Å². The topological polar surface area (TPSA) is 95.1 Å². The monoisotopic (exact) mass is 251 g/mol. The Labute approximate surface area is 105 Å². The molecule has 1 aromatic rings. The highest BCUT2D eigenvalue weighted by Crippen LogP contribution is 2.64. The number of rotatable bonds is 3. The van der Waals surface area contributed by atoms with Gasteiger partial charge in [-0.05, 0) is 12.3 Å². The molecule has 0 bridgehead atoms. The van der Waals surface area contributed by atoms with Gasteiger partial charge in [0.15, 0.2) is 0 Å². The second kappa shape index (κ2) is 3.83. The summed E-state index contributed by atoms with van der Waals surface area (Å²) in [6.07, 6.45) is 0. The predicted molar refractivity (Wildman–Crippen MR) is 65.3 cm³/mol. The van der Waals surface area contributed by atoms with Crippen LogP contribution in [0.3, 0.4) is 0 Å². The molecule has 1 saturated carbocycles. The Morgan fingerprint density at radius 1 is 1.44 bits per heavy atom. The maximum Gasteiger partial charge on any atom is 0.307 e. The minimum absolute atomic E-state index is 0.0787. The van der Waals surface area contributed by atoms with E-state index in [0.29, 0.717) is 5.95 Å². The van der Waals surface area contributed by atoms with Gasteiger partial charge in [-0.15, -0.1) is 0 Å². The minimum Gasteiger partial charge on any atom is -0.481 e. The molecular weight excluding hydrogens is 234 g/mol. The quantitative estimate of drug-likeness (QED) is 0.758. The number of aliphatic carboxylic acids is 1. The van der Waals surface area contributed by atoms with Crippen molar-refractivity contribution in [1.82, 2.24) is 9.97 Å². The number of aromatic amines is 1. The Morgan fingerprint density at radius 3 is 2.50 bits per heavy atom. The third-order valence-corrected chi connectivity index (χ3v) is 3.62. The van der Waals surface area contributed by atoms with E-state index in [0.717, 1.165) is 11.4 Å². The van der Waals surface area contributed by atoms with Gasteiger partial charge in [0.25, 0.3) is 0 Å². The summed E-state index contributed by atoms with van der Waals surface area (Å²) in [6.45, 7) is 7.06. The number of nitrogens with zero attached hydrogens (tertiary/aromatic N) is 1. The number of hydrogen-bond acceptors (Lipinski definition) is 3. The third-order valence-electron chi connectivity index (χ3n) is 3.62. The van der Waals surface area contributed by atoms with Gasteiger partial charge in [0, 0.05) is 18.5 Å². The van der Waals surface area contributed by atoms with Gasteiger partial charge >= 0.3 is 5.97 Å². The molecule has 1 heterocycles. The molecular formula is C12H17N3O3. The van der Waals surface area contributed by atoms with Crippen LogP contribution in [0.5, 0.6) is 0 Å². The Hall–Kier alpha value is -1.85. The van der Waals surface area contributed by atoms with Crippen LogP contribution in [0.15, 0.2) is 0 Å². The standard InChI is InChI=1S/C12H17N3O3/c1-5-9(15-11(13-5)14-6(2)16)7-8(10(17)18)12(7,3)4/h7-8H,1-4H3,(H,17,18)(H2,13,14,15,16)/t7-,8-/m0/s1. The molecule has 0 unspecified atom stereocenters. The van der Waals surface area contributed by atoms with Crippen LogP contribution in [0.2, 0.25) is 0 Å². The molecule has 1 aromatic heterocycles. The molecule has 18 heavy (non-hydrogen) atoms. The predicted octanol–water partition coefficient (Wildman–Crippen LogP) is 1.50. The Bertz CT molecular complexity index is 519. The first-order valence-corrected chi connectivity index (χ1v) is 5.82. The largest absolute Gasteiger partial charge is 0.481 e. The van der Waals surface area contributed by atoms with Crippen LogP contribution in [0.25, 0.3) is 0 Å². The molecule has 98 valence electrons. The molecule has 0 radical (unpaired) electrons. The van der Waals surface area contributed by atoms with E-state index < -0.39 is 11.9 Å². The summed E-state index contributed by atoms with van der Waals surface area (Å²) in [4.78, 5) is 29.3. The van der Waals surface area contributed by atoms with E-state index in [1.54, 1.807) is 0 Å². The third kappa shape index (κ3) is 1.87. The second-order valence-electron chi connectivity index (χ2n) is 5.38. The fourth-order valence-corrected chi connectivity index (χ4v) is 2.64. The highest BCUT2D eigenvalue weighted by atomic mass is 16.4. The van der Waals surface area contributed by atoms with E-state index in [9.17, 15) is 9.59 Å². The number of hydrogen-bond donors (Lipinski definition) is 3. The van der Waals surface area contributed by atoms with Crippen LogP contribution in [-0.4, -0.2) is 27.0 Å². The lowest BCUT2D eigenvalue weighted by Gasteiger charge is -2.00. The maximum atomic E-state index is 11.2. The van der Waals surface area contributed by atoms with E-state index >= 15 is 0 Å². The van der Waals surface area contributed by atoms with Gasteiger partial charge < -0.3 is 10.1 Å². The molecule has 0 spiro atoms. The molecule has 6 nitrogen and oxygen atoms in total. The van der Waals surface area contributed by atoms with Gasteiger partial charge in [0.1, 0.15) is 0 Å². The molecule has 0 aromatic carbocycles. The smallest absolute Gasteiger partial charge is 0.307 e. The molecule has 1 aliphatic rings. The van der Waals surface area contributed by atoms with Gasteiger partial charge in [-0.3, -0.25) is 14.9 Å². The fourth-order valence-electron chi connectivity index (χ4n) is 2.64. The van der Waals surface area contributed by atoms with Crippen molar-refractivity contribution in [3.05, 3.63) is 11.4 Å². The van der Waals surface area contributed by atoms with Crippen LogP contribution in [0.1, 0.15) is 38.1 Å². The number of anilines is 1. The molecule has 1 amide bonds. The van der Waals surface area contributed by atoms with Crippen molar-refractivity contribution in [1.29, 1.82) is 0 Å². The summed E-state index contributed by atoms with van der Waals surface area (Å²) in [6, 6.07) is 0. The summed E-state index contributed by atoms with van der Waals surface area (Å²) < 4.78 is 0. The van der Waals surface area contributed by atoms with Crippen molar-refractivity contribution in [2.24, 2.45) is 11.3 Å². The average Bonchev–Trinajstić information content (AvgIpc) is 2.58. The van der Waals surface area contributed by atoms with E-state index in [4.69, 9.17) is 5.11 Å². The molecule has 1 fully saturated rings. The SMILES string of the molecule is CC(=O)Nc1nc(C)c([C@@H]2[C@@H](C(=O)O)C2(C)C)[nH]1. The lowest BCUT2D eigenvalue weighted by atomic mass is 10.1. The summed E-state index contributed by atoms with van der Waals surface area (Å²) in [5.41, 5.74) is 1.26. The number of nitrogens with one attached hydrogen (secondary N) is 2. The van der Waals surface area contributed by atoms with E-state index in [2.05, 4.69) is 15.3 Å². The molecule has 6 heteroatoms. The van der Waals surface area contributed by atoms with Crippen LogP contribution in [0.4, 0.5) is 5.95 Å². The summed E-state index contributed by atoms with van der Waals surface area (Å²) >= 11 is 0. The number of carbonyl (C=O) groups excluding carboxylic acids is 1. The van der Waals surface area contributed by atoms with Crippen LogP contribution in [-0.2, 0) is 9.59 Å². The normalized spacial score (nSPS) is 24.7. The lowest BCUT2D eigenvalue weighted by molar-refractivity contribution is -0.139. The Kier molecular flexibility index (Phi) is 2.68. The molecule has 2 rings (SSSR count). The van der Waals surface area contributed by atoms with Crippen molar-refractivity contribution >= 4 is 17.8 Å². The number of aromatic nitrogens is 2. The van der Waals surface area contributed by atoms with Crippen LogP contribution < -0.4 is 5.32 Å². The first-order chi connectivity index (χ1) is 8.25. The van der Waals surface area contributed by atoms with Crippen LogP contribution >= 0.6 is 0 Å². The molecule has 2 atom stereocenters. The molecule has 1 aliphatic carbocycles. The summed E-state index contributed by atoms with van der Waals surface area (Å²) in [5, 5.41) is 11.7. The molecule has 0 saturated heterocycles. The number of carbonyl (C=O) groups is 2. The number of amides is 1. The van der Waals surface area contributed by atoms with Crippen molar-refractivity contribution in [2.45, 2.75) is 33.6 Å². The van der Waals surface area contributed by atoms with Crippen molar-refractivity contribution in [2.75, 3.05) is 5.32 Å². The van der Waals surface area contributed by atoms with E-state index in [1.165, 1.54) is 6.92 Å². The number of imidazole rings is 1. The molecule has 3 N–H and O–H groups in total. The average molecular weight is 251 g/mol. The molecule has 0 aliphatic heterocycles. The summed E-state index contributed by atoms with van der Waals surface area (Å²) in [5.74, 6) is -1.10. The zero-order valence-corrected chi connectivity index (χ0v) is 10.9. The number of aryl methyl sites for hydroxylation is 1. The Morgan fingerprint density at radius 2 is 2.06 bits per heavy atom. The fraction of sp³-hybridized carbons (Fsp3) is 0.583. The first kappa shape index (κ1) is 12.6. The zero-order valence-electron chi connectivity index (χ0n) is 10.9. The summed E-state index contributed by atoms with van der Waals surface area (Å²) in [7, 11) is 0. The van der Waals surface area contributed by atoms with Crippen LogP contribution in [0, 0.1) is 18.3 Å². The number of H-pyrrole nitrogens is 1. The van der Waals surface area contributed by atoms with E-state index in [1.807, 2.05) is 20.8 Å². The van der Waals surface area contributed by atoms with Gasteiger partial charge in [0.05, 0.1) is 11.6 Å². The first-order valence-electron chi connectivity index (χ1n) is 5.82. The van der Waals surface area contributed by atoms with E-state index in [-0.39, 0.29) is 17.2 Å². The maximum absolute atomic E-state index is 11.2. The number of carboxylic acids is 1. The lowest BCUT2D eigenvalue weighted by Crippen LogP contribution is -2.07. The highest BCUT2D eigenvalue weighted by molar-refractivity contribution is 5.86. The minimum atomic E-state index is -0.792. The number of carboxylic acid groups (broad SMARTS) is 1. The van der Waals surface area contributed by atoms with Crippen molar-refractivity contribution < 1.29 is 14.7 Å². The van der Waals surface area contributed by atoms with Crippen molar-refractivity contribution in [3.8, 4) is 0 Å². The Balaban J connectivity index is 2.28. The second-order valence-corrected chi connectivity index (χ2v) is 5.38. The van der Waals surface area contributed by atoms with Gasteiger partial charge in [0.2, 0.25) is 11.9 Å². The van der Waals surface area contributed by atoms with Gasteiger partial charge in [-0.25, -0.2) is 4.98 Å². The van der Waals surface area contributed by atoms with Gasteiger partial charge in [-0.1, -0.05) is 13.8 Å². The highest BCUT2D eigenvalue weighted by Gasteiger charge is 2.64. The zero-order chi connectivity index (χ0) is 13.7.